The monoisotopic (exact) mass is 470 g/mol. The Morgan fingerprint density at radius 1 is 1.18 bits per heavy atom. The molecule has 9 heteroatoms. The summed E-state index contributed by atoms with van der Waals surface area (Å²) < 4.78 is 67.3. The zero-order valence-corrected chi connectivity index (χ0v) is 18.2. The highest BCUT2D eigenvalue weighted by Crippen LogP contribution is 2.44. The maximum absolute atomic E-state index is 15.1. The molecule has 2 unspecified atom stereocenters. The van der Waals surface area contributed by atoms with Crippen LogP contribution in [-0.2, 0) is 10.4 Å². The highest BCUT2D eigenvalue weighted by molar-refractivity contribution is 5.81. The van der Waals surface area contributed by atoms with Crippen LogP contribution in [0.2, 0.25) is 0 Å². The Kier molecular flexibility index (Phi) is 7.74. The van der Waals surface area contributed by atoms with E-state index in [4.69, 9.17) is 0 Å². The number of nitrogens with one attached hydrogen (secondary N) is 2. The predicted octanol–water partition coefficient (Wildman–Crippen LogP) is 4.59. The molecule has 1 aliphatic rings. The van der Waals surface area contributed by atoms with Crippen molar-refractivity contribution in [3.63, 3.8) is 0 Å². The maximum Gasteiger partial charge on any atom is 0.471 e. The van der Waals surface area contributed by atoms with E-state index in [0.29, 0.717) is 18.5 Å². The number of benzene rings is 2. The minimum atomic E-state index is -5.00. The molecule has 180 valence electrons. The lowest BCUT2D eigenvalue weighted by Crippen LogP contribution is -2.45. The fraction of sp³-hybridized carbons (Fsp3) is 0.458. The average Bonchev–Trinajstić information content (AvgIpc) is 2.78. The summed E-state index contributed by atoms with van der Waals surface area (Å²) in [4.78, 5) is 11.1. The summed E-state index contributed by atoms with van der Waals surface area (Å²) >= 11 is 0. The second-order valence-corrected chi connectivity index (χ2v) is 8.47. The van der Waals surface area contributed by atoms with Gasteiger partial charge in [-0.2, -0.15) is 13.2 Å². The SMILES string of the molecule is Cc1ccc(F)c(-c2c(F)cccc2C(O)(CCCNC(=O)C(F)(F)F)C2CCCNC2)c1. The van der Waals surface area contributed by atoms with E-state index in [1.165, 1.54) is 30.3 Å². The molecule has 4 nitrogen and oxygen atoms in total. The number of amides is 1. The lowest BCUT2D eigenvalue weighted by atomic mass is 9.72. The third-order valence-corrected chi connectivity index (χ3v) is 6.12. The molecule has 0 saturated carbocycles. The second kappa shape index (κ2) is 10.2. The Morgan fingerprint density at radius 3 is 2.61 bits per heavy atom. The molecule has 1 fully saturated rings. The summed E-state index contributed by atoms with van der Waals surface area (Å²) in [5, 5.41) is 16.9. The molecule has 1 amide bonds. The van der Waals surface area contributed by atoms with Gasteiger partial charge in [0.25, 0.3) is 0 Å². The average molecular weight is 470 g/mol. The zero-order valence-electron chi connectivity index (χ0n) is 18.2. The molecule has 3 N–H and O–H groups in total. The molecule has 1 saturated heterocycles. The maximum atomic E-state index is 15.1. The highest BCUT2D eigenvalue weighted by atomic mass is 19.4. The smallest absolute Gasteiger partial charge is 0.385 e. The van der Waals surface area contributed by atoms with Crippen LogP contribution in [0.3, 0.4) is 0 Å². The lowest BCUT2D eigenvalue weighted by molar-refractivity contribution is -0.173. The van der Waals surface area contributed by atoms with E-state index in [0.717, 1.165) is 13.0 Å². The van der Waals surface area contributed by atoms with Crippen molar-refractivity contribution in [3.05, 3.63) is 59.2 Å². The van der Waals surface area contributed by atoms with Crippen LogP contribution in [0.1, 0.15) is 36.8 Å². The van der Waals surface area contributed by atoms with Crippen molar-refractivity contribution in [1.29, 1.82) is 0 Å². The quantitative estimate of drug-likeness (QED) is 0.410. The van der Waals surface area contributed by atoms with E-state index in [9.17, 15) is 27.5 Å². The zero-order chi connectivity index (χ0) is 24.2. The van der Waals surface area contributed by atoms with Crippen molar-refractivity contribution < 1.29 is 31.9 Å². The van der Waals surface area contributed by atoms with Crippen LogP contribution in [0.15, 0.2) is 36.4 Å². The fourth-order valence-corrected chi connectivity index (χ4v) is 4.47. The summed E-state index contributed by atoms with van der Waals surface area (Å²) in [5.74, 6) is -3.78. The van der Waals surface area contributed by atoms with Crippen molar-refractivity contribution in [1.82, 2.24) is 10.6 Å². The number of halogens is 5. The van der Waals surface area contributed by atoms with Crippen LogP contribution in [0.25, 0.3) is 11.1 Å². The Labute approximate surface area is 189 Å². The van der Waals surface area contributed by atoms with Gasteiger partial charge in [0.1, 0.15) is 11.6 Å². The van der Waals surface area contributed by atoms with Gasteiger partial charge in [0.2, 0.25) is 0 Å². The number of hydrogen-bond acceptors (Lipinski definition) is 3. The van der Waals surface area contributed by atoms with Gasteiger partial charge >= 0.3 is 12.1 Å². The van der Waals surface area contributed by atoms with Gasteiger partial charge in [0, 0.05) is 30.1 Å². The predicted molar refractivity (Wildman–Crippen MR) is 114 cm³/mol. The Hall–Kier alpha value is -2.52. The number of piperidine rings is 1. The molecule has 2 aromatic carbocycles. The first-order chi connectivity index (χ1) is 15.5. The largest absolute Gasteiger partial charge is 0.471 e. The van der Waals surface area contributed by atoms with Crippen molar-refractivity contribution in [2.45, 2.75) is 44.4 Å². The molecule has 0 aliphatic carbocycles. The Bertz CT molecular complexity index is 989. The van der Waals surface area contributed by atoms with Crippen molar-refractivity contribution in [2.24, 2.45) is 5.92 Å². The number of carbonyl (C=O) groups is 1. The number of alkyl halides is 3. The topological polar surface area (TPSA) is 61.4 Å². The van der Waals surface area contributed by atoms with Crippen LogP contribution in [0.5, 0.6) is 0 Å². The van der Waals surface area contributed by atoms with Crippen molar-refractivity contribution in [3.8, 4) is 11.1 Å². The van der Waals surface area contributed by atoms with Gasteiger partial charge in [-0.3, -0.25) is 4.79 Å². The van der Waals surface area contributed by atoms with Crippen LogP contribution in [0, 0.1) is 24.5 Å². The van der Waals surface area contributed by atoms with Crippen molar-refractivity contribution in [2.75, 3.05) is 19.6 Å². The lowest BCUT2D eigenvalue weighted by Gasteiger charge is -2.40. The third kappa shape index (κ3) is 5.70. The second-order valence-electron chi connectivity index (χ2n) is 8.47. The van der Waals surface area contributed by atoms with Gasteiger partial charge in [-0.05, 0) is 62.9 Å². The van der Waals surface area contributed by atoms with E-state index in [-0.39, 0.29) is 42.0 Å². The molecule has 2 aromatic rings. The highest BCUT2D eigenvalue weighted by Gasteiger charge is 2.42. The van der Waals surface area contributed by atoms with E-state index in [1.807, 2.05) is 0 Å². The van der Waals surface area contributed by atoms with Crippen LogP contribution in [0.4, 0.5) is 22.0 Å². The molecular formula is C24H27F5N2O2. The first-order valence-electron chi connectivity index (χ1n) is 10.9. The van der Waals surface area contributed by atoms with Crippen LogP contribution >= 0.6 is 0 Å². The Balaban J connectivity index is 1.99. The number of hydrogen-bond donors (Lipinski definition) is 3. The molecule has 2 atom stereocenters. The third-order valence-electron chi connectivity index (χ3n) is 6.12. The van der Waals surface area contributed by atoms with E-state index >= 15 is 4.39 Å². The van der Waals surface area contributed by atoms with Gasteiger partial charge in [0.05, 0.1) is 5.60 Å². The molecule has 0 spiro atoms. The van der Waals surface area contributed by atoms with E-state index in [2.05, 4.69) is 5.32 Å². The van der Waals surface area contributed by atoms with Gasteiger partial charge in [-0.1, -0.05) is 23.8 Å². The molecule has 1 aliphatic heterocycles. The minimum Gasteiger partial charge on any atom is -0.385 e. The Morgan fingerprint density at radius 2 is 1.94 bits per heavy atom. The van der Waals surface area contributed by atoms with Crippen molar-refractivity contribution >= 4 is 5.91 Å². The summed E-state index contributed by atoms with van der Waals surface area (Å²) in [6.45, 7) is 2.59. The number of aliphatic hydroxyl groups is 1. The number of carbonyl (C=O) groups excluding carboxylic acids is 1. The minimum absolute atomic E-state index is 0.00988. The fourth-order valence-electron chi connectivity index (χ4n) is 4.47. The molecule has 33 heavy (non-hydrogen) atoms. The summed E-state index contributed by atoms with van der Waals surface area (Å²) in [5.41, 5.74) is -0.813. The molecule has 3 rings (SSSR count). The van der Waals surface area contributed by atoms with Gasteiger partial charge in [0.15, 0.2) is 0 Å². The van der Waals surface area contributed by atoms with Crippen LogP contribution < -0.4 is 10.6 Å². The molecule has 0 radical (unpaired) electrons. The van der Waals surface area contributed by atoms with Crippen LogP contribution in [-0.4, -0.2) is 36.8 Å². The molecule has 0 bridgehead atoms. The van der Waals surface area contributed by atoms with E-state index in [1.54, 1.807) is 18.3 Å². The molecule has 0 aromatic heterocycles. The van der Waals surface area contributed by atoms with E-state index < -0.39 is 29.3 Å². The standard InChI is InChI=1S/C24H27F5N2O2/c1-15-8-9-19(25)17(13-15)21-18(6-2-7-20(21)26)23(33,16-5-3-11-30-14-16)10-4-12-31-22(32)24(27,28)29/h2,6-9,13,16,30,33H,3-5,10-12,14H2,1H3,(H,31,32). The first kappa shape index (κ1) is 25.1. The van der Waals surface area contributed by atoms with Gasteiger partial charge in [-0.15, -0.1) is 0 Å². The summed E-state index contributed by atoms with van der Waals surface area (Å²) in [6, 6.07) is 8.43. The molecule has 1 heterocycles. The number of rotatable bonds is 7. The van der Waals surface area contributed by atoms with Gasteiger partial charge < -0.3 is 15.7 Å². The normalized spacial score (nSPS) is 18.6. The number of aryl methyl sites for hydroxylation is 1. The summed E-state index contributed by atoms with van der Waals surface area (Å²) in [7, 11) is 0. The van der Waals surface area contributed by atoms with Gasteiger partial charge in [-0.25, -0.2) is 8.78 Å². The summed E-state index contributed by atoms with van der Waals surface area (Å²) in [6.07, 6.45) is -3.67. The first-order valence-corrected chi connectivity index (χ1v) is 10.9. The molecular weight excluding hydrogens is 443 g/mol.